The van der Waals surface area contributed by atoms with E-state index in [4.69, 9.17) is 10.5 Å². The first-order valence-corrected chi connectivity index (χ1v) is 8.67. The number of aliphatic imine (C=N–C) groups is 1. The molecule has 2 heterocycles. The van der Waals surface area contributed by atoms with Crippen LogP contribution in [0.3, 0.4) is 0 Å². The summed E-state index contributed by atoms with van der Waals surface area (Å²) in [5.41, 5.74) is 6.57. The van der Waals surface area contributed by atoms with Crippen molar-refractivity contribution in [2.75, 3.05) is 38.2 Å². The summed E-state index contributed by atoms with van der Waals surface area (Å²) in [7, 11) is 1.66. The first-order chi connectivity index (χ1) is 11.6. The lowest BCUT2D eigenvalue weighted by Gasteiger charge is -2.36. The number of methoxy groups -OCH3 is 1. The second-order valence-electron chi connectivity index (χ2n) is 5.64. The number of thioether (sulfide) groups is 1. The number of para-hydroxylation sites is 2. The number of amidine groups is 1. The Kier molecular flexibility index (Phi) is 4.94. The summed E-state index contributed by atoms with van der Waals surface area (Å²) in [5, 5.41) is -0.219. The number of piperazine rings is 1. The van der Waals surface area contributed by atoms with E-state index in [-0.39, 0.29) is 23.4 Å². The Balaban J connectivity index is 1.55. The molecule has 0 spiro atoms. The van der Waals surface area contributed by atoms with Gasteiger partial charge in [-0.05, 0) is 12.1 Å². The van der Waals surface area contributed by atoms with Crippen LogP contribution in [0.25, 0.3) is 0 Å². The zero-order chi connectivity index (χ0) is 17.1. The molecule has 1 aromatic rings. The van der Waals surface area contributed by atoms with Crippen LogP contribution in [0.2, 0.25) is 0 Å². The highest BCUT2D eigenvalue weighted by molar-refractivity contribution is 8.15. The number of hydrogen-bond donors (Lipinski definition) is 1. The van der Waals surface area contributed by atoms with Gasteiger partial charge in [0, 0.05) is 32.6 Å². The van der Waals surface area contributed by atoms with Gasteiger partial charge in [-0.1, -0.05) is 23.9 Å². The smallest absolute Gasteiger partial charge is 0.262 e. The molecule has 1 aromatic carbocycles. The lowest BCUT2D eigenvalue weighted by molar-refractivity contribution is -0.133. The van der Waals surface area contributed by atoms with Crippen molar-refractivity contribution in [2.24, 2.45) is 10.7 Å². The molecule has 0 bridgehead atoms. The molecule has 1 saturated heterocycles. The van der Waals surface area contributed by atoms with Gasteiger partial charge in [0.05, 0.1) is 12.8 Å². The van der Waals surface area contributed by atoms with Crippen LogP contribution in [0.15, 0.2) is 29.3 Å². The monoisotopic (exact) mass is 348 g/mol. The van der Waals surface area contributed by atoms with Crippen LogP contribution < -0.4 is 15.4 Å². The van der Waals surface area contributed by atoms with E-state index in [1.54, 1.807) is 12.0 Å². The first kappa shape index (κ1) is 16.6. The molecule has 2 N–H and O–H groups in total. The summed E-state index contributed by atoms with van der Waals surface area (Å²) >= 11 is 1.17. The molecule has 24 heavy (non-hydrogen) atoms. The predicted octanol–water partition coefficient (Wildman–Crippen LogP) is 0.691. The Morgan fingerprint density at radius 3 is 2.67 bits per heavy atom. The summed E-state index contributed by atoms with van der Waals surface area (Å²) in [6.07, 6.45) is 0.155. The number of anilines is 1. The maximum absolute atomic E-state index is 12.4. The summed E-state index contributed by atoms with van der Waals surface area (Å²) in [6.45, 7) is 2.71. The highest BCUT2D eigenvalue weighted by Crippen LogP contribution is 2.29. The maximum atomic E-state index is 12.4. The van der Waals surface area contributed by atoms with Crippen LogP contribution >= 0.6 is 11.8 Å². The van der Waals surface area contributed by atoms with Crippen LogP contribution in [-0.4, -0.2) is 60.4 Å². The van der Waals surface area contributed by atoms with E-state index in [0.29, 0.717) is 13.1 Å². The zero-order valence-electron chi connectivity index (χ0n) is 13.5. The van der Waals surface area contributed by atoms with Crippen molar-refractivity contribution in [2.45, 2.75) is 11.7 Å². The molecule has 7 nitrogen and oxygen atoms in total. The molecular formula is C16H20N4O3S. The number of rotatable bonds is 4. The summed E-state index contributed by atoms with van der Waals surface area (Å²) < 4.78 is 5.40. The number of nitrogens with two attached hydrogens (primary N) is 1. The molecule has 2 amide bonds. The standard InChI is InChI=1S/C16H20N4O3S/c1-23-12-5-3-2-4-11(12)19-6-8-20(9-7-19)14(21)10-13-15(22)18-16(17)24-13/h2-5,13H,6-10H2,1H3,(H2,17,18,22)/t13-/m0/s1. The Labute approximate surface area is 144 Å². The molecule has 2 aliphatic rings. The minimum atomic E-state index is -0.468. The number of nitrogens with zero attached hydrogens (tertiary/aromatic N) is 3. The van der Waals surface area contributed by atoms with E-state index < -0.39 is 5.25 Å². The average molecular weight is 348 g/mol. The van der Waals surface area contributed by atoms with Crippen LogP contribution in [-0.2, 0) is 9.59 Å². The second-order valence-corrected chi connectivity index (χ2v) is 6.86. The molecule has 0 aliphatic carbocycles. The van der Waals surface area contributed by atoms with Gasteiger partial charge in [0.15, 0.2) is 5.17 Å². The molecule has 3 rings (SSSR count). The normalized spacial score (nSPS) is 21.0. The lowest BCUT2D eigenvalue weighted by Crippen LogP contribution is -2.49. The van der Waals surface area contributed by atoms with Crippen molar-refractivity contribution in [1.29, 1.82) is 0 Å². The van der Waals surface area contributed by atoms with Gasteiger partial charge in [0.2, 0.25) is 5.91 Å². The van der Waals surface area contributed by atoms with Gasteiger partial charge >= 0.3 is 0 Å². The molecular weight excluding hydrogens is 328 g/mol. The number of amides is 2. The third-order valence-corrected chi connectivity index (χ3v) is 5.16. The fraction of sp³-hybridized carbons (Fsp3) is 0.438. The summed E-state index contributed by atoms with van der Waals surface area (Å²) in [5.74, 6) is 0.502. The molecule has 8 heteroatoms. The maximum Gasteiger partial charge on any atom is 0.262 e. The van der Waals surface area contributed by atoms with E-state index >= 15 is 0 Å². The van der Waals surface area contributed by atoms with Crippen molar-refractivity contribution < 1.29 is 14.3 Å². The molecule has 0 unspecified atom stereocenters. The Morgan fingerprint density at radius 1 is 1.33 bits per heavy atom. The van der Waals surface area contributed by atoms with E-state index in [2.05, 4.69) is 9.89 Å². The van der Waals surface area contributed by atoms with Crippen molar-refractivity contribution in [3.05, 3.63) is 24.3 Å². The minimum Gasteiger partial charge on any atom is -0.495 e. The van der Waals surface area contributed by atoms with Crippen LogP contribution in [0.4, 0.5) is 5.69 Å². The van der Waals surface area contributed by atoms with E-state index in [9.17, 15) is 9.59 Å². The first-order valence-electron chi connectivity index (χ1n) is 7.79. The Hall–Kier alpha value is -2.22. The fourth-order valence-corrected chi connectivity index (χ4v) is 3.72. The van der Waals surface area contributed by atoms with Gasteiger partial charge in [0.1, 0.15) is 11.0 Å². The van der Waals surface area contributed by atoms with Crippen molar-refractivity contribution in [3.63, 3.8) is 0 Å². The predicted molar refractivity (Wildman–Crippen MR) is 94.4 cm³/mol. The van der Waals surface area contributed by atoms with Gasteiger partial charge in [0.25, 0.3) is 5.91 Å². The highest BCUT2D eigenvalue weighted by atomic mass is 32.2. The van der Waals surface area contributed by atoms with Gasteiger partial charge in [-0.2, -0.15) is 4.99 Å². The van der Waals surface area contributed by atoms with E-state index in [1.807, 2.05) is 24.3 Å². The number of benzene rings is 1. The third-order valence-electron chi connectivity index (χ3n) is 4.18. The third kappa shape index (κ3) is 3.48. The average Bonchev–Trinajstić information content (AvgIpc) is 2.92. The van der Waals surface area contributed by atoms with Crippen LogP contribution in [0.5, 0.6) is 5.75 Å². The lowest BCUT2D eigenvalue weighted by atomic mass is 10.2. The molecule has 0 radical (unpaired) electrons. The van der Waals surface area contributed by atoms with E-state index in [1.165, 1.54) is 11.8 Å². The highest BCUT2D eigenvalue weighted by Gasteiger charge is 2.32. The van der Waals surface area contributed by atoms with Crippen LogP contribution in [0, 0.1) is 0 Å². The largest absolute Gasteiger partial charge is 0.495 e. The van der Waals surface area contributed by atoms with Crippen molar-refractivity contribution in [3.8, 4) is 5.75 Å². The van der Waals surface area contributed by atoms with Gasteiger partial charge in [-0.3, -0.25) is 9.59 Å². The minimum absolute atomic E-state index is 0.0228. The molecule has 1 fully saturated rings. The molecule has 128 valence electrons. The van der Waals surface area contributed by atoms with Crippen molar-refractivity contribution in [1.82, 2.24) is 4.90 Å². The summed E-state index contributed by atoms with van der Waals surface area (Å²) in [6, 6.07) is 7.86. The SMILES string of the molecule is COc1ccccc1N1CCN(C(=O)C[C@@H]2SC(N)=NC2=O)CC1. The van der Waals surface area contributed by atoms with Crippen molar-refractivity contribution >= 4 is 34.4 Å². The Bertz CT molecular complexity index is 671. The van der Waals surface area contributed by atoms with E-state index in [0.717, 1.165) is 24.5 Å². The molecule has 0 saturated carbocycles. The molecule has 0 aromatic heterocycles. The molecule has 1 atom stereocenters. The van der Waals surface area contributed by atoms with Gasteiger partial charge in [-0.15, -0.1) is 0 Å². The number of hydrogen-bond acceptors (Lipinski definition) is 6. The number of carbonyl (C=O) groups is 2. The summed E-state index contributed by atoms with van der Waals surface area (Å²) in [4.78, 5) is 31.7. The topological polar surface area (TPSA) is 88.2 Å². The van der Waals surface area contributed by atoms with Crippen LogP contribution in [0.1, 0.15) is 6.42 Å². The fourth-order valence-electron chi connectivity index (χ4n) is 2.91. The van der Waals surface area contributed by atoms with Gasteiger partial charge in [-0.25, -0.2) is 0 Å². The number of ether oxygens (including phenoxy) is 1. The van der Waals surface area contributed by atoms with Gasteiger partial charge < -0.3 is 20.3 Å². The second kappa shape index (κ2) is 7.12. The Morgan fingerprint density at radius 2 is 2.04 bits per heavy atom. The number of carbonyl (C=O) groups excluding carboxylic acids is 2. The quantitative estimate of drug-likeness (QED) is 0.861. The zero-order valence-corrected chi connectivity index (χ0v) is 14.3. The molecule has 2 aliphatic heterocycles.